The second-order valence-electron chi connectivity index (χ2n) is 6.51. The van der Waals surface area contributed by atoms with Crippen molar-refractivity contribution >= 4 is 5.78 Å². The second-order valence-corrected chi connectivity index (χ2v) is 6.51. The lowest BCUT2D eigenvalue weighted by atomic mass is 9.93. The van der Waals surface area contributed by atoms with E-state index in [1.54, 1.807) is 0 Å². The molecule has 0 radical (unpaired) electrons. The molecular formula is C18H35NO. The summed E-state index contributed by atoms with van der Waals surface area (Å²) in [4.78, 5) is 11.8. The Hall–Kier alpha value is -0.370. The molecule has 0 aliphatic carbocycles. The zero-order valence-corrected chi connectivity index (χ0v) is 13.6. The summed E-state index contributed by atoms with van der Waals surface area (Å²) in [5, 5.41) is 3.43. The Morgan fingerprint density at radius 3 is 2.35 bits per heavy atom. The number of hydrogen-bond donors (Lipinski definition) is 1. The number of hydrogen-bond acceptors (Lipinski definition) is 2. The van der Waals surface area contributed by atoms with Crippen LogP contribution in [-0.4, -0.2) is 18.9 Å². The quantitative estimate of drug-likeness (QED) is 0.517. The highest BCUT2D eigenvalue weighted by Gasteiger charge is 2.14. The molecule has 1 heterocycles. The summed E-state index contributed by atoms with van der Waals surface area (Å²) in [7, 11) is 0. The summed E-state index contributed by atoms with van der Waals surface area (Å²) >= 11 is 0. The third kappa shape index (κ3) is 9.52. The number of unbranched alkanes of at least 4 members (excludes halogenated alkanes) is 7. The van der Waals surface area contributed by atoms with Gasteiger partial charge in [0.05, 0.1) is 0 Å². The highest BCUT2D eigenvalue weighted by Crippen LogP contribution is 2.17. The topological polar surface area (TPSA) is 29.1 Å². The van der Waals surface area contributed by atoms with Crippen LogP contribution in [0.1, 0.15) is 90.4 Å². The lowest BCUT2D eigenvalue weighted by Crippen LogP contribution is -2.29. The monoisotopic (exact) mass is 281 g/mol. The summed E-state index contributed by atoms with van der Waals surface area (Å²) in [6.07, 6.45) is 15.9. The van der Waals surface area contributed by atoms with Crippen LogP contribution >= 0.6 is 0 Å². The average molecular weight is 281 g/mol. The Labute approximate surface area is 126 Å². The number of ketones is 1. The fourth-order valence-electron chi connectivity index (χ4n) is 3.12. The van der Waals surface area contributed by atoms with Crippen LogP contribution in [0.25, 0.3) is 0 Å². The van der Waals surface area contributed by atoms with Gasteiger partial charge in [0.15, 0.2) is 0 Å². The van der Waals surface area contributed by atoms with Crippen LogP contribution in [-0.2, 0) is 4.79 Å². The van der Waals surface area contributed by atoms with Crippen LogP contribution in [0.2, 0.25) is 0 Å². The lowest BCUT2D eigenvalue weighted by Gasteiger charge is -2.22. The van der Waals surface area contributed by atoms with Crippen molar-refractivity contribution in [3.05, 3.63) is 0 Å². The molecule has 2 heteroatoms. The maximum Gasteiger partial charge on any atom is 0.132 e. The average Bonchev–Trinajstić information content (AvgIpc) is 2.49. The first-order chi connectivity index (χ1) is 9.83. The van der Waals surface area contributed by atoms with E-state index in [-0.39, 0.29) is 0 Å². The first-order valence-electron chi connectivity index (χ1n) is 9.05. The normalized spacial score (nSPS) is 19.1. The van der Waals surface area contributed by atoms with Crippen molar-refractivity contribution in [1.29, 1.82) is 0 Å². The molecule has 1 unspecified atom stereocenters. The minimum atomic E-state index is 0.501. The van der Waals surface area contributed by atoms with Crippen molar-refractivity contribution in [2.45, 2.75) is 90.4 Å². The van der Waals surface area contributed by atoms with Gasteiger partial charge in [-0.3, -0.25) is 4.79 Å². The standard InChI is InChI=1S/C18H35NO/c1-2-3-4-5-6-7-8-9-12-18(20)14-13-17-11-10-15-19-16-17/h17,19H,2-16H2,1H3. The molecule has 0 bridgehead atoms. The van der Waals surface area contributed by atoms with Gasteiger partial charge in [0, 0.05) is 12.8 Å². The smallest absolute Gasteiger partial charge is 0.132 e. The molecular weight excluding hydrogens is 246 g/mol. The van der Waals surface area contributed by atoms with Gasteiger partial charge < -0.3 is 5.32 Å². The second kappa shape index (κ2) is 12.4. The summed E-state index contributed by atoms with van der Waals surface area (Å²) < 4.78 is 0. The van der Waals surface area contributed by atoms with Gasteiger partial charge in [0.2, 0.25) is 0 Å². The summed E-state index contributed by atoms with van der Waals surface area (Å²) in [5.74, 6) is 1.26. The third-order valence-electron chi connectivity index (χ3n) is 4.54. The van der Waals surface area contributed by atoms with Gasteiger partial charge >= 0.3 is 0 Å². The zero-order chi connectivity index (χ0) is 14.5. The van der Waals surface area contributed by atoms with Crippen molar-refractivity contribution < 1.29 is 4.79 Å². The van der Waals surface area contributed by atoms with E-state index in [9.17, 15) is 4.79 Å². The largest absolute Gasteiger partial charge is 0.316 e. The fourth-order valence-corrected chi connectivity index (χ4v) is 3.12. The molecule has 0 aromatic carbocycles. The minimum absolute atomic E-state index is 0.501. The molecule has 2 nitrogen and oxygen atoms in total. The molecule has 1 fully saturated rings. The molecule has 0 aromatic rings. The Bertz CT molecular complexity index is 234. The Balaban J connectivity index is 1.84. The van der Waals surface area contributed by atoms with Gasteiger partial charge in [0.25, 0.3) is 0 Å². The van der Waals surface area contributed by atoms with E-state index < -0.39 is 0 Å². The molecule has 0 aromatic heterocycles. The number of nitrogens with one attached hydrogen (secondary N) is 1. The maximum atomic E-state index is 11.8. The van der Waals surface area contributed by atoms with Crippen LogP contribution in [0.5, 0.6) is 0 Å². The van der Waals surface area contributed by atoms with Crippen LogP contribution < -0.4 is 5.32 Å². The SMILES string of the molecule is CCCCCCCCCCC(=O)CCC1CCCNC1. The van der Waals surface area contributed by atoms with Crippen molar-refractivity contribution in [1.82, 2.24) is 5.32 Å². The van der Waals surface area contributed by atoms with Crippen LogP contribution in [0, 0.1) is 5.92 Å². The van der Waals surface area contributed by atoms with Gasteiger partial charge in [-0.2, -0.15) is 0 Å². The van der Waals surface area contributed by atoms with Crippen molar-refractivity contribution in [2.75, 3.05) is 13.1 Å². The summed E-state index contributed by atoms with van der Waals surface area (Å²) in [6.45, 7) is 4.56. The highest BCUT2D eigenvalue weighted by molar-refractivity contribution is 5.78. The maximum absolute atomic E-state index is 11.8. The molecule has 1 N–H and O–H groups in total. The van der Waals surface area contributed by atoms with E-state index in [2.05, 4.69) is 12.2 Å². The van der Waals surface area contributed by atoms with E-state index in [4.69, 9.17) is 0 Å². The first-order valence-corrected chi connectivity index (χ1v) is 9.05. The summed E-state index contributed by atoms with van der Waals surface area (Å²) in [5.41, 5.74) is 0. The number of Topliss-reactive ketones (excluding diaryl/α,β-unsaturated/α-hetero) is 1. The van der Waals surface area contributed by atoms with E-state index in [0.717, 1.165) is 38.1 Å². The van der Waals surface area contributed by atoms with Crippen molar-refractivity contribution in [2.24, 2.45) is 5.92 Å². The Kier molecular flexibility index (Phi) is 10.9. The summed E-state index contributed by atoms with van der Waals surface area (Å²) in [6, 6.07) is 0. The molecule has 118 valence electrons. The third-order valence-corrected chi connectivity index (χ3v) is 4.54. The van der Waals surface area contributed by atoms with E-state index in [1.807, 2.05) is 0 Å². The minimum Gasteiger partial charge on any atom is -0.316 e. The number of rotatable bonds is 12. The predicted molar refractivity (Wildman–Crippen MR) is 87.1 cm³/mol. The number of piperidine rings is 1. The molecule has 20 heavy (non-hydrogen) atoms. The number of carbonyl (C=O) groups excluding carboxylic acids is 1. The van der Waals surface area contributed by atoms with Gasteiger partial charge in [0.1, 0.15) is 5.78 Å². The number of carbonyl (C=O) groups is 1. The molecule has 1 aliphatic rings. The van der Waals surface area contributed by atoms with E-state index >= 15 is 0 Å². The fraction of sp³-hybridized carbons (Fsp3) is 0.944. The van der Waals surface area contributed by atoms with Crippen molar-refractivity contribution in [3.8, 4) is 0 Å². The van der Waals surface area contributed by atoms with Gasteiger partial charge in [-0.25, -0.2) is 0 Å². The van der Waals surface area contributed by atoms with Gasteiger partial charge in [-0.1, -0.05) is 51.9 Å². The molecule has 1 rings (SSSR count). The van der Waals surface area contributed by atoms with Gasteiger partial charge in [-0.15, -0.1) is 0 Å². The van der Waals surface area contributed by atoms with E-state index in [1.165, 1.54) is 64.3 Å². The van der Waals surface area contributed by atoms with Crippen LogP contribution in [0.3, 0.4) is 0 Å². The Morgan fingerprint density at radius 1 is 1.00 bits per heavy atom. The molecule has 1 aliphatic heterocycles. The van der Waals surface area contributed by atoms with Crippen molar-refractivity contribution in [3.63, 3.8) is 0 Å². The molecule has 1 saturated heterocycles. The molecule has 0 spiro atoms. The highest BCUT2D eigenvalue weighted by atomic mass is 16.1. The molecule has 1 atom stereocenters. The van der Waals surface area contributed by atoms with E-state index in [0.29, 0.717) is 5.78 Å². The molecule has 0 amide bonds. The van der Waals surface area contributed by atoms with Crippen LogP contribution in [0.4, 0.5) is 0 Å². The van der Waals surface area contributed by atoms with Gasteiger partial charge in [-0.05, 0) is 44.7 Å². The first kappa shape index (κ1) is 17.7. The predicted octanol–water partition coefficient (Wildman–Crippen LogP) is 4.87. The Morgan fingerprint density at radius 2 is 1.70 bits per heavy atom. The lowest BCUT2D eigenvalue weighted by molar-refractivity contribution is -0.119. The zero-order valence-electron chi connectivity index (χ0n) is 13.6. The molecule has 0 saturated carbocycles. The van der Waals surface area contributed by atoms with Crippen LogP contribution in [0.15, 0.2) is 0 Å².